The second kappa shape index (κ2) is 8.90. The standard InChI is InChI=1S/C25H22N6O4/c1-2-21(32)30-12-9-17(14-30)22-19-8-11-28-25(26)31(19)23(29-22)15-3-5-18(6-4-15)35-20-13-16(24(33)34)7-10-27-20/h2-8,10-11,13,17H,1,9,12,14H2,(H2,26,28)(H,33,34). The molecule has 4 heterocycles. The number of fused-ring (bicyclic) bond motifs is 1. The number of aromatic nitrogens is 4. The highest BCUT2D eigenvalue weighted by atomic mass is 16.5. The second-order valence-electron chi connectivity index (χ2n) is 8.13. The summed E-state index contributed by atoms with van der Waals surface area (Å²) in [5.74, 6) is 0.538. The first-order valence-electron chi connectivity index (χ1n) is 11.0. The molecule has 0 saturated carbocycles. The average molecular weight is 470 g/mol. The van der Waals surface area contributed by atoms with Crippen LogP contribution < -0.4 is 10.5 Å². The highest BCUT2D eigenvalue weighted by Crippen LogP contribution is 2.34. The topological polar surface area (TPSA) is 136 Å². The molecule has 35 heavy (non-hydrogen) atoms. The Kier molecular flexibility index (Phi) is 5.61. The number of amides is 1. The summed E-state index contributed by atoms with van der Waals surface area (Å²) in [6, 6.07) is 11.8. The van der Waals surface area contributed by atoms with E-state index in [-0.39, 0.29) is 23.3 Å². The number of imidazole rings is 1. The number of benzene rings is 1. The van der Waals surface area contributed by atoms with Crippen LogP contribution >= 0.6 is 0 Å². The van der Waals surface area contributed by atoms with Crippen molar-refractivity contribution < 1.29 is 19.4 Å². The maximum atomic E-state index is 12.1. The predicted octanol–water partition coefficient (Wildman–Crippen LogP) is 3.37. The van der Waals surface area contributed by atoms with Gasteiger partial charge in [-0.15, -0.1) is 0 Å². The molecule has 0 aliphatic carbocycles. The quantitative estimate of drug-likeness (QED) is 0.410. The Morgan fingerprint density at radius 2 is 1.91 bits per heavy atom. The minimum atomic E-state index is -1.06. The van der Waals surface area contributed by atoms with Gasteiger partial charge < -0.3 is 20.5 Å². The third-order valence-electron chi connectivity index (χ3n) is 5.99. The largest absolute Gasteiger partial charge is 0.478 e. The van der Waals surface area contributed by atoms with E-state index in [2.05, 4.69) is 16.5 Å². The molecule has 0 radical (unpaired) electrons. The van der Waals surface area contributed by atoms with Gasteiger partial charge in [-0.25, -0.2) is 19.7 Å². The molecule has 1 atom stereocenters. The first-order chi connectivity index (χ1) is 16.9. The van der Waals surface area contributed by atoms with Gasteiger partial charge in [0.25, 0.3) is 0 Å². The van der Waals surface area contributed by atoms with Crippen LogP contribution in [0.5, 0.6) is 11.6 Å². The zero-order chi connectivity index (χ0) is 24.5. The van der Waals surface area contributed by atoms with E-state index in [1.807, 2.05) is 18.2 Å². The number of pyridine rings is 1. The van der Waals surface area contributed by atoms with Gasteiger partial charge in [0.1, 0.15) is 11.6 Å². The van der Waals surface area contributed by atoms with Gasteiger partial charge in [0, 0.05) is 43.0 Å². The van der Waals surface area contributed by atoms with Gasteiger partial charge >= 0.3 is 5.97 Å². The van der Waals surface area contributed by atoms with Crippen molar-refractivity contribution in [3.63, 3.8) is 0 Å². The van der Waals surface area contributed by atoms with Crippen LogP contribution in [-0.2, 0) is 4.79 Å². The number of carboxylic acids is 1. The molecule has 3 N–H and O–H groups in total. The summed E-state index contributed by atoms with van der Waals surface area (Å²) in [5.41, 5.74) is 8.82. The van der Waals surface area contributed by atoms with E-state index in [1.165, 1.54) is 24.4 Å². The second-order valence-corrected chi connectivity index (χ2v) is 8.13. The maximum Gasteiger partial charge on any atom is 0.335 e. The van der Waals surface area contributed by atoms with Crippen molar-refractivity contribution in [3.05, 3.63) is 78.8 Å². The number of carboxylic acid groups (broad SMARTS) is 1. The number of nitrogens with zero attached hydrogens (tertiary/aromatic N) is 5. The van der Waals surface area contributed by atoms with Crippen molar-refractivity contribution in [1.82, 2.24) is 24.3 Å². The van der Waals surface area contributed by atoms with Crippen molar-refractivity contribution >= 4 is 23.3 Å². The van der Waals surface area contributed by atoms with Crippen molar-refractivity contribution in [2.24, 2.45) is 0 Å². The maximum absolute atomic E-state index is 12.1. The molecule has 1 saturated heterocycles. The molecular formula is C25H22N6O4. The highest BCUT2D eigenvalue weighted by Gasteiger charge is 2.30. The van der Waals surface area contributed by atoms with E-state index in [0.717, 1.165) is 23.2 Å². The number of nitrogen functional groups attached to an aromatic ring is 1. The lowest BCUT2D eigenvalue weighted by Gasteiger charge is -2.13. The van der Waals surface area contributed by atoms with Crippen molar-refractivity contribution in [1.29, 1.82) is 0 Å². The number of aromatic carboxylic acids is 1. The number of ether oxygens (including phenoxy) is 1. The Hall–Kier alpha value is -4.73. The average Bonchev–Trinajstić information content (AvgIpc) is 3.50. The van der Waals surface area contributed by atoms with Crippen molar-refractivity contribution in [3.8, 4) is 23.0 Å². The number of likely N-dealkylation sites (tertiary alicyclic amines) is 1. The van der Waals surface area contributed by atoms with E-state index >= 15 is 0 Å². The van der Waals surface area contributed by atoms with Gasteiger partial charge in [-0.2, -0.15) is 0 Å². The van der Waals surface area contributed by atoms with Crippen LogP contribution in [0.15, 0.2) is 67.5 Å². The van der Waals surface area contributed by atoms with Gasteiger partial charge in [0.05, 0.1) is 16.8 Å². The zero-order valence-corrected chi connectivity index (χ0v) is 18.7. The molecule has 1 fully saturated rings. The zero-order valence-electron chi connectivity index (χ0n) is 18.7. The SMILES string of the molecule is C=CC(=O)N1CCC(c2nc(-c3ccc(Oc4cc(C(=O)O)ccn4)cc3)n3c(N)nccc23)C1. The fourth-order valence-corrected chi connectivity index (χ4v) is 4.28. The van der Waals surface area contributed by atoms with E-state index in [1.54, 1.807) is 27.6 Å². The van der Waals surface area contributed by atoms with Crippen LogP contribution in [0.2, 0.25) is 0 Å². The van der Waals surface area contributed by atoms with Gasteiger partial charge in [0.15, 0.2) is 0 Å². The third-order valence-corrected chi connectivity index (χ3v) is 5.99. The number of carbonyl (C=O) groups is 2. The van der Waals surface area contributed by atoms with Crippen LogP contribution in [0, 0.1) is 0 Å². The first-order valence-corrected chi connectivity index (χ1v) is 11.0. The number of hydrogen-bond donors (Lipinski definition) is 2. The molecule has 4 aromatic rings. The summed E-state index contributed by atoms with van der Waals surface area (Å²) < 4.78 is 7.52. The summed E-state index contributed by atoms with van der Waals surface area (Å²) in [7, 11) is 0. The molecule has 1 aliphatic rings. The van der Waals surface area contributed by atoms with E-state index < -0.39 is 5.97 Å². The van der Waals surface area contributed by atoms with Crippen LogP contribution in [-0.4, -0.2) is 54.3 Å². The minimum absolute atomic E-state index is 0.0691. The number of carbonyl (C=O) groups excluding carboxylic acids is 1. The summed E-state index contributed by atoms with van der Waals surface area (Å²) in [6.45, 7) is 4.79. The summed E-state index contributed by atoms with van der Waals surface area (Å²) >= 11 is 0. The Labute approximate surface area is 200 Å². The van der Waals surface area contributed by atoms with Crippen LogP contribution in [0.1, 0.15) is 28.4 Å². The van der Waals surface area contributed by atoms with Gasteiger partial charge in [0.2, 0.25) is 17.7 Å². The highest BCUT2D eigenvalue weighted by molar-refractivity contribution is 5.88. The Morgan fingerprint density at radius 3 is 2.66 bits per heavy atom. The Balaban J connectivity index is 1.46. The lowest BCUT2D eigenvalue weighted by atomic mass is 10.0. The molecule has 0 bridgehead atoms. The van der Waals surface area contributed by atoms with Crippen LogP contribution in [0.4, 0.5) is 5.95 Å². The molecule has 10 heteroatoms. The summed E-state index contributed by atoms with van der Waals surface area (Å²) in [5, 5.41) is 9.15. The number of nitrogens with two attached hydrogens (primary N) is 1. The van der Waals surface area contributed by atoms with Gasteiger partial charge in [-0.1, -0.05) is 6.58 Å². The van der Waals surface area contributed by atoms with Crippen LogP contribution in [0.25, 0.3) is 16.9 Å². The summed E-state index contributed by atoms with van der Waals surface area (Å²) in [6.07, 6.45) is 5.16. The predicted molar refractivity (Wildman–Crippen MR) is 128 cm³/mol. The van der Waals surface area contributed by atoms with E-state index in [0.29, 0.717) is 30.6 Å². The molecule has 5 rings (SSSR count). The monoisotopic (exact) mass is 470 g/mol. The fourth-order valence-electron chi connectivity index (χ4n) is 4.28. The minimum Gasteiger partial charge on any atom is -0.478 e. The van der Waals surface area contributed by atoms with Crippen molar-refractivity contribution in [2.75, 3.05) is 18.8 Å². The molecule has 3 aromatic heterocycles. The number of anilines is 1. The lowest BCUT2D eigenvalue weighted by molar-refractivity contribution is -0.125. The van der Waals surface area contributed by atoms with E-state index in [9.17, 15) is 9.59 Å². The molecule has 1 aromatic carbocycles. The molecule has 176 valence electrons. The third kappa shape index (κ3) is 4.17. The van der Waals surface area contributed by atoms with Gasteiger partial charge in [-0.05, 0) is 48.9 Å². The Morgan fingerprint density at radius 1 is 1.14 bits per heavy atom. The fraction of sp³-hybridized carbons (Fsp3) is 0.160. The normalized spacial score (nSPS) is 15.3. The van der Waals surface area contributed by atoms with Gasteiger partial charge in [-0.3, -0.25) is 9.20 Å². The smallest absolute Gasteiger partial charge is 0.335 e. The van der Waals surface area contributed by atoms with Crippen molar-refractivity contribution in [2.45, 2.75) is 12.3 Å². The Bertz CT molecular complexity index is 1450. The first kappa shape index (κ1) is 22.1. The number of rotatable bonds is 6. The molecule has 1 amide bonds. The molecule has 0 spiro atoms. The molecule has 1 aliphatic heterocycles. The molecule has 1 unspecified atom stereocenters. The molecular weight excluding hydrogens is 448 g/mol. The lowest BCUT2D eigenvalue weighted by Crippen LogP contribution is -2.26. The summed E-state index contributed by atoms with van der Waals surface area (Å²) in [4.78, 5) is 38.2. The number of hydrogen-bond acceptors (Lipinski definition) is 7. The van der Waals surface area contributed by atoms with Crippen LogP contribution in [0.3, 0.4) is 0 Å². The van der Waals surface area contributed by atoms with E-state index in [4.69, 9.17) is 20.6 Å². The molecule has 10 nitrogen and oxygen atoms in total.